The molecular formula is C29H39ClN7O6PS2. The molecular weight excluding hydrogens is 673 g/mol. The van der Waals surface area contributed by atoms with Crippen LogP contribution in [-0.2, 0) is 14.6 Å². The van der Waals surface area contributed by atoms with E-state index in [-0.39, 0.29) is 27.9 Å². The maximum atomic E-state index is 13.4. The molecule has 3 aliphatic rings. The van der Waals surface area contributed by atoms with Crippen LogP contribution in [0.1, 0.15) is 35.4 Å². The SMILES string of the molecule is Cc1c(S(=O)(=O)NC(c2ccc(C#N)nc2)P(=O)([O-])O)sc2ccc(OCCC[N+]34CC[N+](CCCN=CN)(CC3)CC4)cc12.[Cl-]. The first-order chi connectivity index (χ1) is 21.4. The quantitative estimate of drug-likeness (QED) is 0.0607. The maximum absolute atomic E-state index is 13.4. The third kappa shape index (κ3) is 8.07. The first-order valence-corrected chi connectivity index (χ1v) is 18.8. The van der Waals surface area contributed by atoms with Crippen LogP contribution in [0.5, 0.6) is 5.75 Å². The number of nitriles is 1. The summed E-state index contributed by atoms with van der Waals surface area (Å²) in [4.78, 5) is 30.0. The summed E-state index contributed by atoms with van der Waals surface area (Å²) in [7, 11) is -9.60. The second-order valence-electron chi connectivity index (χ2n) is 11.9. The lowest BCUT2D eigenvalue weighted by Gasteiger charge is -2.55. The lowest BCUT2D eigenvalue weighted by atomic mass is 10.1. The Morgan fingerprint density at radius 2 is 1.85 bits per heavy atom. The Balaban J connectivity index is 0.00000480. The number of halogens is 1. The smallest absolute Gasteiger partial charge is 0.251 e. The van der Waals surface area contributed by atoms with E-state index in [2.05, 4.69) is 14.7 Å². The van der Waals surface area contributed by atoms with Crippen molar-refractivity contribution < 1.29 is 48.9 Å². The zero-order valence-electron chi connectivity index (χ0n) is 25.5. The minimum Gasteiger partial charge on any atom is -1.00 e. The first kappa shape index (κ1) is 36.2. The van der Waals surface area contributed by atoms with E-state index in [4.69, 9.17) is 15.7 Å². The molecule has 0 saturated carbocycles. The van der Waals surface area contributed by atoms with Gasteiger partial charge in [-0.25, -0.2) is 13.4 Å². The van der Waals surface area contributed by atoms with E-state index in [0.717, 1.165) is 47.9 Å². The standard InChI is InChI=1S/C29H38N7O6PS2.ClH/c1-22-26-18-25(42-17-3-10-36-14-11-35(12-15-36,13-16-36)9-2-8-32-21-31)6-7-27(26)44-29(22)45(40,41)34-28(43(37,38)39)23-4-5-24(19-30)33-20-23;/h4-7,18,20-21,28,34H,2-3,8-17H2,1H3,(H2-2,31,32,37,38,39);1H. The van der Waals surface area contributed by atoms with Gasteiger partial charge in [0.1, 0.15) is 66.8 Å². The number of thiophene rings is 1. The zero-order valence-corrected chi connectivity index (χ0v) is 28.8. The van der Waals surface area contributed by atoms with Gasteiger partial charge in [-0.05, 0) is 42.3 Å². The number of aliphatic imine (C=N–C) groups is 1. The Bertz CT molecular complexity index is 1730. The van der Waals surface area contributed by atoms with Crippen LogP contribution < -0.4 is 32.5 Å². The number of hydrogen-bond donors (Lipinski definition) is 3. The molecule has 13 nitrogen and oxygen atoms in total. The van der Waals surface area contributed by atoms with Crippen molar-refractivity contribution >= 4 is 45.4 Å². The molecule has 3 saturated heterocycles. The average Bonchev–Trinajstić information content (AvgIpc) is 3.37. The van der Waals surface area contributed by atoms with Gasteiger partial charge in [0.15, 0.2) is 7.60 Å². The lowest BCUT2D eigenvalue weighted by molar-refractivity contribution is -1.08. The molecule has 0 spiro atoms. The molecule has 2 aromatic heterocycles. The molecule has 3 aliphatic heterocycles. The number of ether oxygens (including phenoxy) is 1. The topological polar surface area (TPSA) is 191 Å². The van der Waals surface area contributed by atoms with Crippen LogP contribution >= 0.6 is 18.9 Å². The minimum atomic E-state index is -5.23. The van der Waals surface area contributed by atoms with Crippen LogP contribution in [0.15, 0.2) is 45.7 Å². The third-order valence-electron chi connectivity index (χ3n) is 9.13. The Kier molecular flexibility index (Phi) is 11.5. The number of nitrogens with two attached hydrogens (primary N) is 1. The molecule has 0 amide bonds. The highest BCUT2D eigenvalue weighted by Crippen LogP contribution is 2.47. The summed E-state index contributed by atoms with van der Waals surface area (Å²) < 4.78 is 50.2. The molecule has 0 radical (unpaired) electrons. The van der Waals surface area contributed by atoms with Gasteiger partial charge in [0, 0.05) is 35.7 Å². The fraction of sp³-hybridized carbons (Fsp3) is 0.483. The van der Waals surface area contributed by atoms with Crippen LogP contribution in [0.4, 0.5) is 0 Å². The molecule has 3 fully saturated rings. The lowest BCUT2D eigenvalue weighted by Crippen LogP contribution is -3.00. The van der Waals surface area contributed by atoms with Crippen LogP contribution in [0.3, 0.4) is 0 Å². The van der Waals surface area contributed by atoms with Crippen molar-refractivity contribution in [3.05, 3.63) is 53.3 Å². The van der Waals surface area contributed by atoms with Gasteiger partial charge < -0.3 is 46.2 Å². The summed E-state index contributed by atoms with van der Waals surface area (Å²) >= 11 is 1.000. The predicted octanol–water partition coefficient (Wildman–Crippen LogP) is -1.19. The van der Waals surface area contributed by atoms with Crippen LogP contribution in [0.25, 0.3) is 10.1 Å². The fourth-order valence-corrected chi connectivity index (χ4v) is 10.8. The number of benzene rings is 1. The fourth-order valence-electron chi connectivity index (χ4n) is 6.46. The molecule has 0 aliphatic carbocycles. The Morgan fingerprint density at radius 3 is 2.41 bits per heavy atom. The Hall–Kier alpha value is -2.64. The number of fused-ring (bicyclic) bond motifs is 4. The molecule has 6 rings (SSSR count). The molecule has 2 unspecified atom stereocenters. The molecule has 5 heterocycles. The molecule has 1 aromatic carbocycles. The minimum absolute atomic E-state index is 0. The number of pyridine rings is 1. The van der Waals surface area contributed by atoms with Crippen molar-refractivity contribution in [2.24, 2.45) is 10.7 Å². The third-order valence-corrected chi connectivity index (χ3v) is 13.7. The van der Waals surface area contributed by atoms with Gasteiger partial charge in [-0.1, -0.05) is 6.07 Å². The van der Waals surface area contributed by atoms with E-state index < -0.39 is 23.4 Å². The summed E-state index contributed by atoms with van der Waals surface area (Å²) in [6.07, 6.45) is 4.42. The molecule has 2 bridgehead atoms. The number of aryl methyl sites for hydroxylation is 1. The summed E-state index contributed by atoms with van der Waals surface area (Å²) in [5.41, 5.74) is 5.72. The average molecular weight is 712 g/mol. The normalized spacial score (nSPS) is 23.1. The van der Waals surface area contributed by atoms with E-state index >= 15 is 0 Å². The van der Waals surface area contributed by atoms with Crippen LogP contribution in [-0.4, -0.2) is 99.1 Å². The van der Waals surface area contributed by atoms with E-state index in [9.17, 15) is 22.8 Å². The van der Waals surface area contributed by atoms with Gasteiger partial charge in [0.25, 0.3) is 10.0 Å². The maximum Gasteiger partial charge on any atom is 0.251 e. The van der Waals surface area contributed by atoms with Crippen molar-refractivity contribution in [2.75, 3.05) is 65.5 Å². The molecule has 3 aromatic rings. The highest BCUT2D eigenvalue weighted by atomic mass is 35.5. The predicted molar refractivity (Wildman–Crippen MR) is 170 cm³/mol. The van der Waals surface area contributed by atoms with Crippen molar-refractivity contribution in [3.63, 3.8) is 0 Å². The van der Waals surface area contributed by atoms with Gasteiger partial charge in [0.05, 0.1) is 26.0 Å². The number of nitrogens with zero attached hydrogens (tertiary/aromatic N) is 5. The van der Waals surface area contributed by atoms with E-state index in [1.54, 1.807) is 19.1 Å². The van der Waals surface area contributed by atoms with Gasteiger partial charge in [-0.3, -0.25) is 4.99 Å². The van der Waals surface area contributed by atoms with Crippen molar-refractivity contribution in [3.8, 4) is 11.8 Å². The molecule has 4 N–H and O–H groups in total. The van der Waals surface area contributed by atoms with Crippen molar-refractivity contribution in [1.82, 2.24) is 9.71 Å². The van der Waals surface area contributed by atoms with Crippen molar-refractivity contribution in [1.29, 1.82) is 5.26 Å². The molecule has 250 valence electrons. The van der Waals surface area contributed by atoms with Gasteiger partial charge >= 0.3 is 0 Å². The summed E-state index contributed by atoms with van der Waals surface area (Å²) in [5, 5.41) is 9.64. The monoisotopic (exact) mass is 711 g/mol. The number of piperazine rings is 3. The number of aromatic nitrogens is 1. The number of quaternary nitrogens is 2. The molecule has 17 heteroatoms. The van der Waals surface area contributed by atoms with Crippen LogP contribution in [0.2, 0.25) is 0 Å². The van der Waals surface area contributed by atoms with Crippen LogP contribution in [0, 0.1) is 18.3 Å². The molecule has 2 atom stereocenters. The highest BCUT2D eigenvalue weighted by Gasteiger charge is 2.48. The Labute approximate surface area is 279 Å². The number of rotatable bonds is 14. The number of nitrogens with one attached hydrogen (secondary N) is 1. The summed E-state index contributed by atoms with van der Waals surface area (Å²) in [6, 6.07) is 9.69. The largest absolute Gasteiger partial charge is 1.00 e. The highest BCUT2D eigenvalue weighted by molar-refractivity contribution is 7.92. The van der Waals surface area contributed by atoms with Crippen molar-refractivity contribution in [2.45, 2.75) is 29.8 Å². The second kappa shape index (κ2) is 14.6. The first-order valence-electron chi connectivity index (χ1n) is 14.9. The zero-order chi connectivity index (χ0) is 32.3. The van der Waals surface area contributed by atoms with Gasteiger partial charge in [-0.15, -0.1) is 11.3 Å². The second-order valence-corrected chi connectivity index (χ2v) is 16.5. The number of hydrogen-bond acceptors (Lipinski definition) is 9. The summed E-state index contributed by atoms with van der Waals surface area (Å²) in [5.74, 6) is -1.33. The van der Waals surface area contributed by atoms with Gasteiger partial charge in [0.2, 0.25) is 0 Å². The van der Waals surface area contributed by atoms with E-state index in [1.165, 1.54) is 68.8 Å². The Morgan fingerprint density at radius 1 is 1.20 bits per heavy atom. The van der Waals surface area contributed by atoms with Gasteiger partial charge in [-0.2, -0.15) is 9.98 Å². The molecule has 46 heavy (non-hydrogen) atoms. The van der Waals surface area contributed by atoms with E-state index in [1.807, 2.05) is 12.1 Å². The summed E-state index contributed by atoms with van der Waals surface area (Å²) in [6.45, 7) is 12.4. The van der Waals surface area contributed by atoms with E-state index in [0.29, 0.717) is 28.0 Å². The number of sulfonamides is 1.